The van der Waals surface area contributed by atoms with E-state index in [4.69, 9.17) is 11.6 Å². The molecule has 0 saturated heterocycles. The second-order valence-electron chi connectivity index (χ2n) is 8.76. The highest BCUT2D eigenvalue weighted by atomic mass is 35.5. The van der Waals surface area contributed by atoms with Gasteiger partial charge in [0.1, 0.15) is 12.6 Å². The van der Waals surface area contributed by atoms with Crippen LogP contribution in [0.2, 0.25) is 5.02 Å². The molecule has 0 spiro atoms. The number of aryl methyl sites for hydroxylation is 1. The maximum Gasteiger partial charge on any atom is 0.416 e. The molecular formula is C25H31ClF3N3O4S. The van der Waals surface area contributed by atoms with Gasteiger partial charge in [-0.25, -0.2) is 8.42 Å². The lowest BCUT2D eigenvalue weighted by molar-refractivity contribution is -0.139. The van der Waals surface area contributed by atoms with Crippen LogP contribution in [0.25, 0.3) is 0 Å². The first-order valence-electron chi connectivity index (χ1n) is 11.6. The van der Waals surface area contributed by atoms with Gasteiger partial charge in [-0.1, -0.05) is 54.8 Å². The molecule has 0 aliphatic rings. The van der Waals surface area contributed by atoms with E-state index in [1.807, 2.05) is 26.0 Å². The number of anilines is 1. The number of hydrogen-bond acceptors (Lipinski definition) is 4. The quantitative estimate of drug-likeness (QED) is 0.401. The predicted molar refractivity (Wildman–Crippen MR) is 138 cm³/mol. The third-order valence-electron chi connectivity index (χ3n) is 5.65. The van der Waals surface area contributed by atoms with Gasteiger partial charge in [0.2, 0.25) is 21.8 Å². The fraction of sp³-hybridized carbons (Fsp3) is 0.440. The molecule has 12 heteroatoms. The highest BCUT2D eigenvalue weighted by Gasteiger charge is 2.34. The number of hydrogen-bond donors (Lipinski definition) is 1. The molecule has 37 heavy (non-hydrogen) atoms. The van der Waals surface area contributed by atoms with E-state index >= 15 is 0 Å². The lowest BCUT2D eigenvalue weighted by atomic mass is 10.1. The van der Waals surface area contributed by atoms with Crippen LogP contribution in [0.15, 0.2) is 42.5 Å². The number of unbranched alkanes of at least 4 members (excludes halogenated alkanes) is 1. The van der Waals surface area contributed by atoms with Crippen LogP contribution < -0.4 is 9.62 Å². The summed E-state index contributed by atoms with van der Waals surface area (Å²) in [5, 5.41) is 2.48. The summed E-state index contributed by atoms with van der Waals surface area (Å²) in [5.41, 5.74) is 0.0132. The maximum absolute atomic E-state index is 13.5. The Morgan fingerprint density at radius 1 is 1.14 bits per heavy atom. The summed E-state index contributed by atoms with van der Waals surface area (Å²) in [6.45, 7) is 4.87. The highest BCUT2D eigenvalue weighted by molar-refractivity contribution is 7.92. The molecule has 0 fully saturated rings. The fourth-order valence-electron chi connectivity index (χ4n) is 3.60. The van der Waals surface area contributed by atoms with Crippen LogP contribution in [0.3, 0.4) is 0 Å². The maximum atomic E-state index is 13.5. The zero-order valence-corrected chi connectivity index (χ0v) is 22.7. The average Bonchev–Trinajstić information content (AvgIpc) is 2.79. The monoisotopic (exact) mass is 561 g/mol. The minimum Gasteiger partial charge on any atom is -0.354 e. The smallest absolute Gasteiger partial charge is 0.354 e. The largest absolute Gasteiger partial charge is 0.416 e. The topological polar surface area (TPSA) is 86.8 Å². The Balaban J connectivity index is 2.46. The van der Waals surface area contributed by atoms with Crippen molar-refractivity contribution in [2.24, 2.45) is 0 Å². The number of nitrogens with one attached hydrogen (secondary N) is 1. The molecule has 204 valence electrons. The SMILES string of the molecule is CCCCNC(=O)C(C)N(Cc1cccc(C)c1)C(=O)CN(c1cc(C(F)(F)F)ccc1Cl)S(C)(=O)=O. The molecule has 1 N–H and O–H groups in total. The number of sulfonamides is 1. The molecule has 0 radical (unpaired) electrons. The van der Waals surface area contributed by atoms with Gasteiger partial charge in [-0.15, -0.1) is 0 Å². The van der Waals surface area contributed by atoms with Crippen LogP contribution in [-0.2, 0) is 32.3 Å². The first-order valence-corrected chi connectivity index (χ1v) is 13.8. The molecule has 2 aromatic rings. The molecule has 2 rings (SSSR count). The van der Waals surface area contributed by atoms with E-state index < -0.39 is 51.9 Å². The van der Waals surface area contributed by atoms with Crippen LogP contribution in [0.5, 0.6) is 0 Å². The Bertz CT molecular complexity index is 1220. The summed E-state index contributed by atoms with van der Waals surface area (Å²) in [4.78, 5) is 27.5. The van der Waals surface area contributed by atoms with E-state index in [0.29, 0.717) is 22.5 Å². The second-order valence-corrected chi connectivity index (χ2v) is 11.1. The Morgan fingerprint density at radius 2 is 1.81 bits per heavy atom. The first-order chi connectivity index (χ1) is 17.1. The van der Waals surface area contributed by atoms with Crippen LogP contribution in [-0.4, -0.2) is 50.5 Å². The molecule has 1 unspecified atom stereocenters. The average molecular weight is 562 g/mol. The number of alkyl halides is 3. The highest BCUT2D eigenvalue weighted by Crippen LogP contribution is 2.36. The zero-order valence-electron chi connectivity index (χ0n) is 21.1. The van der Waals surface area contributed by atoms with Crippen molar-refractivity contribution in [1.29, 1.82) is 0 Å². The van der Waals surface area contributed by atoms with E-state index in [2.05, 4.69) is 5.32 Å². The van der Waals surface area contributed by atoms with Crippen molar-refractivity contribution in [3.63, 3.8) is 0 Å². The van der Waals surface area contributed by atoms with Gasteiger partial charge in [-0.05, 0) is 44.0 Å². The van der Waals surface area contributed by atoms with Crippen molar-refractivity contribution in [2.45, 2.75) is 52.4 Å². The molecule has 0 bridgehead atoms. The number of benzene rings is 2. The third kappa shape index (κ3) is 8.63. The summed E-state index contributed by atoms with van der Waals surface area (Å²) in [7, 11) is -4.24. The molecular weight excluding hydrogens is 531 g/mol. The van der Waals surface area contributed by atoms with Gasteiger partial charge < -0.3 is 10.2 Å². The van der Waals surface area contributed by atoms with E-state index in [0.717, 1.165) is 36.8 Å². The van der Waals surface area contributed by atoms with Gasteiger partial charge in [0.05, 0.1) is 22.5 Å². The normalized spacial score (nSPS) is 12.6. The minimum atomic E-state index is -4.76. The lowest BCUT2D eigenvalue weighted by Gasteiger charge is -2.32. The second kappa shape index (κ2) is 12.6. The van der Waals surface area contributed by atoms with Gasteiger partial charge in [0, 0.05) is 13.1 Å². The summed E-state index contributed by atoms with van der Waals surface area (Å²) in [6.07, 6.45) is -2.40. The van der Waals surface area contributed by atoms with Crippen molar-refractivity contribution < 1.29 is 31.2 Å². The van der Waals surface area contributed by atoms with E-state index in [9.17, 15) is 31.2 Å². The summed E-state index contributed by atoms with van der Waals surface area (Å²) < 4.78 is 65.7. The number of carbonyl (C=O) groups is 2. The summed E-state index contributed by atoms with van der Waals surface area (Å²) in [5.74, 6) is -1.21. The molecule has 2 amide bonds. The first kappa shape index (κ1) is 30.4. The lowest BCUT2D eigenvalue weighted by Crippen LogP contribution is -2.51. The Morgan fingerprint density at radius 3 is 2.38 bits per heavy atom. The Kier molecular flexibility index (Phi) is 10.4. The predicted octanol–water partition coefficient (Wildman–Crippen LogP) is 4.77. The minimum absolute atomic E-state index is 0.0171. The number of rotatable bonds is 11. The van der Waals surface area contributed by atoms with Crippen molar-refractivity contribution in [1.82, 2.24) is 10.2 Å². The molecule has 0 aliphatic heterocycles. The van der Waals surface area contributed by atoms with Gasteiger partial charge in [0.15, 0.2) is 0 Å². The molecule has 0 heterocycles. The molecule has 1 atom stereocenters. The van der Waals surface area contributed by atoms with Crippen LogP contribution in [0.1, 0.15) is 43.4 Å². The van der Waals surface area contributed by atoms with Gasteiger partial charge in [0.25, 0.3) is 0 Å². The van der Waals surface area contributed by atoms with E-state index in [1.54, 1.807) is 12.1 Å². The van der Waals surface area contributed by atoms with Gasteiger partial charge in [-0.2, -0.15) is 13.2 Å². The van der Waals surface area contributed by atoms with Crippen molar-refractivity contribution in [3.05, 3.63) is 64.2 Å². The summed E-state index contributed by atoms with van der Waals surface area (Å²) in [6, 6.07) is 8.47. The fourth-order valence-corrected chi connectivity index (χ4v) is 4.72. The van der Waals surface area contributed by atoms with Gasteiger partial charge in [-0.3, -0.25) is 13.9 Å². The zero-order chi connectivity index (χ0) is 28.0. The molecule has 7 nitrogen and oxygen atoms in total. The van der Waals surface area contributed by atoms with Crippen molar-refractivity contribution in [3.8, 4) is 0 Å². The third-order valence-corrected chi connectivity index (χ3v) is 7.10. The molecule has 0 aromatic heterocycles. The van der Waals surface area contributed by atoms with Gasteiger partial charge >= 0.3 is 6.18 Å². The molecule has 0 saturated carbocycles. The summed E-state index contributed by atoms with van der Waals surface area (Å²) >= 11 is 6.08. The number of nitrogens with zero attached hydrogens (tertiary/aromatic N) is 2. The van der Waals surface area contributed by atoms with Crippen molar-refractivity contribution >= 4 is 39.1 Å². The van der Waals surface area contributed by atoms with Crippen molar-refractivity contribution in [2.75, 3.05) is 23.7 Å². The van der Waals surface area contributed by atoms with Crippen LogP contribution in [0, 0.1) is 6.92 Å². The van der Waals surface area contributed by atoms with E-state index in [1.165, 1.54) is 11.8 Å². The van der Waals surface area contributed by atoms with Crippen LogP contribution in [0.4, 0.5) is 18.9 Å². The number of amides is 2. The standard InChI is InChI=1S/C25H31ClF3N3O4S/c1-5-6-12-30-24(34)18(3)31(15-19-9-7-8-17(2)13-19)23(33)16-32(37(4,35)36)22-14-20(25(27,28)29)10-11-21(22)26/h7-11,13-14,18H,5-6,12,15-16H2,1-4H3,(H,30,34). The molecule has 0 aliphatic carbocycles. The van der Waals surface area contributed by atoms with Crippen LogP contribution >= 0.6 is 11.6 Å². The molecule has 2 aromatic carbocycles. The Labute approximate surface area is 220 Å². The number of halogens is 4. The van der Waals surface area contributed by atoms with E-state index in [-0.39, 0.29) is 11.6 Å². The Hall–Kier alpha value is -2.79. The number of carbonyl (C=O) groups excluding carboxylic acids is 2.